The Bertz CT molecular complexity index is 312. The predicted molar refractivity (Wildman–Crippen MR) is 108 cm³/mol. The van der Waals surface area contributed by atoms with Crippen LogP contribution in [0.15, 0.2) is 12.2 Å². The Kier molecular flexibility index (Phi) is 18.0. The SMILES string of the molecule is C#C[C@@H](O)/C=C/CCCCCCCCC(C)CCCCCCCC. The first-order chi connectivity index (χ1) is 11.7. The maximum absolute atomic E-state index is 9.18. The molecule has 0 radical (unpaired) electrons. The molecular weight excluding hydrogens is 292 g/mol. The largest absolute Gasteiger partial charge is 0.377 e. The topological polar surface area (TPSA) is 20.2 Å². The van der Waals surface area contributed by atoms with Crippen LogP contribution in [0.4, 0.5) is 0 Å². The van der Waals surface area contributed by atoms with E-state index >= 15 is 0 Å². The second-order valence-electron chi connectivity index (χ2n) is 7.40. The predicted octanol–water partition coefficient (Wildman–Crippen LogP) is 7.04. The van der Waals surface area contributed by atoms with Gasteiger partial charge in [0.1, 0.15) is 6.10 Å². The molecule has 0 spiro atoms. The van der Waals surface area contributed by atoms with Gasteiger partial charge in [-0.25, -0.2) is 0 Å². The smallest absolute Gasteiger partial charge is 0.133 e. The minimum atomic E-state index is -0.705. The number of allylic oxidation sites excluding steroid dienone is 1. The molecule has 0 fully saturated rings. The minimum absolute atomic E-state index is 0.705. The number of hydrogen-bond acceptors (Lipinski definition) is 1. The zero-order chi connectivity index (χ0) is 17.9. The van der Waals surface area contributed by atoms with Gasteiger partial charge in [-0.2, -0.15) is 0 Å². The summed E-state index contributed by atoms with van der Waals surface area (Å²) >= 11 is 0. The van der Waals surface area contributed by atoms with E-state index in [0.29, 0.717) is 0 Å². The third-order valence-electron chi connectivity index (χ3n) is 4.86. The van der Waals surface area contributed by atoms with Gasteiger partial charge in [0, 0.05) is 0 Å². The highest BCUT2D eigenvalue weighted by molar-refractivity contribution is 5.05. The highest BCUT2D eigenvalue weighted by Crippen LogP contribution is 2.18. The number of aliphatic hydroxyl groups is 1. The summed E-state index contributed by atoms with van der Waals surface area (Å²) < 4.78 is 0. The summed E-state index contributed by atoms with van der Waals surface area (Å²) in [6, 6.07) is 0. The average molecular weight is 335 g/mol. The zero-order valence-electron chi connectivity index (χ0n) is 16.4. The van der Waals surface area contributed by atoms with Crippen LogP contribution >= 0.6 is 0 Å². The van der Waals surface area contributed by atoms with Gasteiger partial charge in [-0.05, 0) is 24.8 Å². The maximum atomic E-state index is 9.18. The van der Waals surface area contributed by atoms with E-state index in [4.69, 9.17) is 6.42 Å². The van der Waals surface area contributed by atoms with Gasteiger partial charge in [0.05, 0.1) is 0 Å². The third-order valence-corrected chi connectivity index (χ3v) is 4.86. The van der Waals surface area contributed by atoms with Crippen molar-refractivity contribution in [3.63, 3.8) is 0 Å². The molecule has 2 atom stereocenters. The van der Waals surface area contributed by atoms with Gasteiger partial charge in [0.15, 0.2) is 0 Å². The summed E-state index contributed by atoms with van der Waals surface area (Å²) in [6.45, 7) is 4.72. The Labute approximate surface area is 152 Å². The molecular formula is C23H42O. The quantitative estimate of drug-likeness (QED) is 0.172. The van der Waals surface area contributed by atoms with Gasteiger partial charge < -0.3 is 5.11 Å². The Morgan fingerprint density at radius 1 is 0.833 bits per heavy atom. The number of terminal acetylenes is 1. The fraction of sp³-hybridized carbons (Fsp3) is 0.826. The zero-order valence-corrected chi connectivity index (χ0v) is 16.4. The van der Waals surface area contributed by atoms with Crippen LogP contribution in [-0.4, -0.2) is 11.2 Å². The van der Waals surface area contributed by atoms with E-state index in [9.17, 15) is 5.11 Å². The number of aliphatic hydroxyl groups excluding tert-OH is 1. The van der Waals surface area contributed by atoms with Crippen LogP contribution < -0.4 is 0 Å². The molecule has 1 nitrogen and oxygen atoms in total. The van der Waals surface area contributed by atoms with Crippen molar-refractivity contribution in [3.8, 4) is 12.3 Å². The van der Waals surface area contributed by atoms with Gasteiger partial charge in [-0.3, -0.25) is 0 Å². The van der Waals surface area contributed by atoms with E-state index in [1.165, 1.54) is 89.9 Å². The van der Waals surface area contributed by atoms with Gasteiger partial charge in [-0.15, -0.1) is 6.42 Å². The number of unbranched alkanes of at least 4 members (excludes halogenated alkanes) is 11. The Morgan fingerprint density at radius 2 is 1.33 bits per heavy atom. The molecule has 0 aliphatic carbocycles. The van der Waals surface area contributed by atoms with E-state index in [0.717, 1.165) is 12.3 Å². The van der Waals surface area contributed by atoms with Crippen molar-refractivity contribution in [1.29, 1.82) is 0 Å². The summed E-state index contributed by atoms with van der Waals surface area (Å²) in [5.74, 6) is 3.21. The van der Waals surface area contributed by atoms with Crippen LogP contribution in [0, 0.1) is 18.3 Å². The van der Waals surface area contributed by atoms with Crippen molar-refractivity contribution < 1.29 is 5.11 Å². The highest BCUT2D eigenvalue weighted by Gasteiger charge is 2.02. The highest BCUT2D eigenvalue weighted by atomic mass is 16.3. The Hall–Kier alpha value is -0.740. The lowest BCUT2D eigenvalue weighted by atomic mass is 9.96. The molecule has 0 aromatic carbocycles. The molecule has 0 aromatic heterocycles. The van der Waals surface area contributed by atoms with Crippen LogP contribution in [0.25, 0.3) is 0 Å². The molecule has 1 N–H and O–H groups in total. The Balaban J connectivity index is 3.23. The second-order valence-corrected chi connectivity index (χ2v) is 7.40. The number of rotatable bonds is 17. The third kappa shape index (κ3) is 17.6. The minimum Gasteiger partial charge on any atom is -0.377 e. The number of hydrogen-bond donors (Lipinski definition) is 1. The van der Waals surface area contributed by atoms with Gasteiger partial charge in [0.25, 0.3) is 0 Å². The van der Waals surface area contributed by atoms with Gasteiger partial charge >= 0.3 is 0 Å². The lowest BCUT2D eigenvalue weighted by Crippen LogP contribution is -1.95. The van der Waals surface area contributed by atoms with Crippen LogP contribution in [0.3, 0.4) is 0 Å². The first kappa shape index (κ1) is 23.3. The molecule has 0 heterocycles. The fourth-order valence-electron chi connectivity index (χ4n) is 3.16. The van der Waals surface area contributed by atoms with E-state index < -0.39 is 6.10 Å². The van der Waals surface area contributed by atoms with Crippen LogP contribution in [-0.2, 0) is 0 Å². The molecule has 0 amide bonds. The maximum Gasteiger partial charge on any atom is 0.133 e. The lowest BCUT2D eigenvalue weighted by molar-refractivity contribution is 0.280. The van der Waals surface area contributed by atoms with E-state index in [1.807, 2.05) is 6.08 Å². The summed E-state index contributed by atoms with van der Waals surface area (Å²) in [4.78, 5) is 0. The molecule has 0 aromatic rings. The average Bonchev–Trinajstić information content (AvgIpc) is 2.59. The van der Waals surface area contributed by atoms with E-state index in [1.54, 1.807) is 6.08 Å². The molecule has 24 heavy (non-hydrogen) atoms. The first-order valence-corrected chi connectivity index (χ1v) is 10.5. The molecule has 0 saturated carbocycles. The van der Waals surface area contributed by atoms with Crippen molar-refractivity contribution in [1.82, 2.24) is 0 Å². The second kappa shape index (κ2) is 18.6. The van der Waals surface area contributed by atoms with Crippen molar-refractivity contribution in [2.45, 2.75) is 116 Å². The summed E-state index contributed by atoms with van der Waals surface area (Å²) in [5.41, 5.74) is 0. The molecule has 0 bridgehead atoms. The molecule has 0 aliphatic rings. The molecule has 1 heteroatoms. The summed E-state index contributed by atoms with van der Waals surface area (Å²) in [6.07, 6.45) is 28.6. The standard InChI is InChI=1S/C23H42O/c1-4-6-7-8-13-16-19-22(3)20-17-14-11-9-10-12-15-18-21-23(24)5-2/h2,18,21-24H,4,6-17,19-20H2,1,3H3/b21-18+/t22?,23-/m1/s1. The monoisotopic (exact) mass is 334 g/mol. The van der Waals surface area contributed by atoms with Crippen molar-refractivity contribution in [3.05, 3.63) is 12.2 Å². The fourth-order valence-corrected chi connectivity index (χ4v) is 3.16. The van der Waals surface area contributed by atoms with Crippen molar-refractivity contribution >= 4 is 0 Å². The molecule has 0 saturated heterocycles. The van der Waals surface area contributed by atoms with Crippen LogP contribution in [0.2, 0.25) is 0 Å². The van der Waals surface area contributed by atoms with Crippen molar-refractivity contribution in [2.24, 2.45) is 5.92 Å². The normalized spacial score (nSPS) is 13.9. The lowest BCUT2D eigenvalue weighted by Gasteiger charge is -2.11. The van der Waals surface area contributed by atoms with Crippen LogP contribution in [0.1, 0.15) is 110 Å². The van der Waals surface area contributed by atoms with E-state index in [-0.39, 0.29) is 0 Å². The molecule has 0 aliphatic heterocycles. The summed E-state index contributed by atoms with van der Waals surface area (Å²) in [7, 11) is 0. The summed E-state index contributed by atoms with van der Waals surface area (Å²) in [5, 5.41) is 9.18. The molecule has 0 rings (SSSR count). The molecule has 1 unspecified atom stereocenters. The molecule has 140 valence electrons. The van der Waals surface area contributed by atoms with Gasteiger partial charge in [0.2, 0.25) is 0 Å². The van der Waals surface area contributed by atoms with Gasteiger partial charge in [-0.1, -0.05) is 109 Å². The first-order valence-electron chi connectivity index (χ1n) is 10.5. The van der Waals surface area contributed by atoms with E-state index in [2.05, 4.69) is 19.8 Å². The van der Waals surface area contributed by atoms with Crippen molar-refractivity contribution in [2.75, 3.05) is 0 Å². The van der Waals surface area contributed by atoms with Crippen LogP contribution in [0.5, 0.6) is 0 Å². The Morgan fingerprint density at radius 3 is 1.88 bits per heavy atom.